The predicted octanol–water partition coefficient (Wildman–Crippen LogP) is 2.35. The summed E-state index contributed by atoms with van der Waals surface area (Å²) in [4.78, 5) is 8.78. The SMILES string of the molecule is COc1ccc(-c2nc(C)cc(C)n2)c(N)c1. The molecule has 88 valence electrons. The van der Waals surface area contributed by atoms with Gasteiger partial charge < -0.3 is 10.5 Å². The number of benzene rings is 1. The summed E-state index contributed by atoms with van der Waals surface area (Å²) in [5.41, 5.74) is 9.29. The molecule has 0 fully saturated rings. The van der Waals surface area contributed by atoms with Crippen molar-refractivity contribution in [3.05, 3.63) is 35.7 Å². The summed E-state index contributed by atoms with van der Waals surface area (Å²) < 4.78 is 5.11. The summed E-state index contributed by atoms with van der Waals surface area (Å²) in [5.74, 6) is 1.39. The molecule has 0 amide bonds. The number of nitrogens with two attached hydrogens (primary N) is 1. The van der Waals surface area contributed by atoms with Gasteiger partial charge in [-0.25, -0.2) is 9.97 Å². The lowest BCUT2D eigenvalue weighted by molar-refractivity contribution is 0.415. The molecular weight excluding hydrogens is 214 g/mol. The Balaban J connectivity index is 2.52. The zero-order valence-corrected chi connectivity index (χ0v) is 10.2. The minimum absolute atomic E-state index is 0.620. The van der Waals surface area contributed by atoms with E-state index in [4.69, 9.17) is 10.5 Å². The molecule has 0 radical (unpaired) electrons. The van der Waals surface area contributed by atoms with Gasteiger partial charge in [0, 0.05) is 28.7 Å². The van der Waals surface area contributed by atoms with E-state index in [0.717, 1.165) is 22.7 Å². The van der Waals surface area contributed by atoms with Crippen LogP contribution in [0.1, 0.15) is 11.4 Å². The summed E-state index contributed by atoms with van der Waals surface area (Å²) in [6.07, 6.45) is 0. The molecule has 1 heterocycles. The van der Waals surface area contributed by atoms with E-state index in [1.807, 2.05) is 32.0 Å². The largest absolute Gasteiger partial charge is 0.497 e. The summed E-state index contributed by atoms with van der Waals surface area (Å²) in [6.45, 7) is 3.88. The summed E-state index contributed by atoms with van der Waals surface area (Å²) in [6, 6.07) is 7.44. The van der Waals surface area contributed by atoms with Crippen molar-refractivity contribution in [2.24, 2.45) is 0 Å². The molecule has 2 rings (SSSR count). The van der Waals surface area contributed by atoms with Crippen molar-refractivity contribution in [2.75, 3.05) is 12.8 Å². The molecule has 0 bridgehead atoms. The summed E-state index contributed by atoms with van der Waals surface area (Å²) in [5, 5.41) is 0. The zero-order valence-electron chi connectivity index (χ0n) is 10.2. The highest BCUT2D eigenvalue weighted by Crippen LogP contribution is 2.27. The van der Waals surface area contributed by atoms with Crippen LogP contribution in [0.5, 0.6) is 5.75 Å². The van der Waals surface area contributed by atoms with Gasteiger partial charge in [0.25, 0.3) is 0 Å². The lowest BCUT2D eigenvalue weighted by atomic mass is 10.1. The molecule has 1 aromatic heterocycles. The van der Waals surface area contributed by atoms with Gasteiger partial charge in [-0.05, 0) is 32.0 Å². The lowest BCUT2D eigenvalue weighted by Gasteiger charge is -2.08. The van der Waals surface area contributed by atoms with Crippen molar-refractivity contribution in [2.45, 2.75) is 13.8 Å². The van der Waals surface area contributed by atoms with Gasteiger partial charge in [-0.2, -0.15) is 0 Å². The molecule has 0 saturated carbocycles. The van der Waals surface area contributed by atoms with Crippen LogP contribution in [0.25, 0.3) is 11.4 Å². The van der Waals surface area contributed by atoms with Gasteiger partial charge in [-0.3, -0.25) is 0 Å². The van der Waals surface area contributed by atoms with Crippen LogP contribution in [-0.4, -0.2) is 17.1 Å². The number of hydrogen-bond donors (Lipinski definition) is 1. The molecule has 0 atom stereocenters. The van der Waals surface area contributed by atoms with Crippen molar-refractivity contribution >= 4 is 5.69 Å². The van der Waals surface area contributed by atoms with Gasteiger partial charge in [0.1, 0.15) is 5.75 Å². The molecule has 0 spiro atoms. The Morgan fingerprint density at radius 1 is 1.06 bits per heavy atom. The van der Waals surface area contributed by atoms with Gasteiger partial charge in [-0.15, -0.1) is 0 Å². The molecule has 0 saturated heterocycles. The minimum Gasteiger partial charge on any atom is -0.497 e. The first kappa shape index (κ1) is 11.4. The number of aromatic nitrogens is 2. The third-order valence-corrected chi connectivity index (χ3v) is 2.48. The maximum Gasteiger partial charge on any atom is 0.161 e. The average Bonchev–Trinajstić information content (AvgIpc) is 2.27. The minimum atomic E-state index is 0.620. The van der Waals surface area contributed by atoms with Crippen molar-refractivity contribution in [1.29, 1.82) is 0 Å². The lowest BCUT2D eigenvalue weighted by Crippen LogP contribution is -1.98. The van der Waals surface area contributed by atoms with Gasteiger partial charge in [-0.1, -0.05) is 0 Å². The van der Waals surface area contributed by atoms with E-state index < -0.39 is 0 Å². The van der Waals surface area contributed by atoms with Gasteiger partial charge >= 0.3 is 0 Å². The van der Waals surface area contributed by atoms with Crippen LogP contribution in [0.3, 0.4) is 0 Å². The second kappa shape index (κ2) is 4.41. The number of aryl methyl sites for hydroxylation is 2. The number of nitrogen functional groups attached to an aromatic ring is 1. The number of hydrogen-bond acceptors (Lipinski definition) is 4. The number of rotatable bonds is 2. The smallest absolute Gasteiger partial charge is 0.161 e. The highest BCUT2D eigenvalue weighted by molar-refractivity contribution is 5.73. The topological polar surface area (TPSA) is 61.0 Å². The standard InChI is InChI=1S/C13H15N3O/c1-8-6-9(2)16-13(15-8)11-5-4-10(17-3)7-12(11)14/h4-7H,14H2,1-3H3. The van der Waals surface area contributed by atoms with Crippen molar-refractivity contribution in [3.63, 3.8) is 0 Å². The maximum atomic E-state index is 5.97. The molecule has 4 heteroatoms. The van der Waals surface area contributed by atoms with Crippen LogP contribution >= 0.6 is 0 Å². The average molecular weight is 229 g/mol. The first-order chi connectivity index (χ1) is 8.10. The monoisotopic (exact) mass is 229 g/mol. The molecule has 0 aliphatic heterocycles. The Bertz CT molecular complexity index is 532. The third-order valence-electron chi connectivity index (χ3n) is 2.48. The third kappa shape index (κ3) is 2.36. The zero-order chi connectivity index (χ0) is 12.4. The highest BCUT2D eigenvalue weighted by atomic mass is 16.5. The fourth-order valence-corrected chi connectivity index (χ4v) is 1.72. The van der Waals surface area contributed by atoms with Crippen molar-refractivity contribution in [3.8, 4) is 17.1 Å². The van der Waals surface area contributed by atoms with Gasteiger partial charge in [0.05, 0.1) is 7.11 Å². The van der Waals surface area contributed by atoms with Crippen LogP contribution < -0.4 is 10.5 Å². The van der Waals surface area contributed by atoms with Gasteiger partial charge in [0.15, 0.2) is 5.82 Å². The molecule has 2 aromatic rings. The predicted molar refractivity (Wildman–Crippen MR) is 67.9 cm³/mol. The fraction of sp³-hybridized carbons (Fsp3) is 0.231. The molecule has 4 nitrogen and oxygen atoms in total. The second-order valence-corrected chi connectivity index (χ2v) is 3.93. The fourth-order valence-electron chi connectivity index (χ4n) is 1.72. The Kier molecular flexibility index (Phi) is 2.95. The van der Waals surface area contributed by atoms with Crippen molar-refractivity contribution in [1.82, 2.24) is 9.97 Å². The van der Waals surface area contributed by atoms with Crippen LogP contribution in [0.15, 0.2) is 24.3 Å². The number of ether oxygens (including phenoxy) is 1. The number of nitrogens with zero attached hydrogens (tertiary/aromatic N) is 2. The van der Waals surface area contributed by atoms with Crippen LogP contribution in [0.4, 0.5) is 5.69 Å². The number of methoxy groups -OCH3 is 1. The van der Waals surface area contributed by atoms with E-state index in [1.165, 1.54) is 0 Å². The van der Waals surface area contributed by atoms with E-state index in [1.54, 1.807) is 13.2 Å². The van der Waals surface area contributed by atoms with E-state index in [9.17, 15) is 0 Å². The second-order valence-electron chi connectivity index (χ2n) is 3.93. The summed E-state index contributed by atoms with van der Waals surface area (Å²) >= 11 is 0. The van der Waals surface area contributed by atoms with Crippen LogP contribution in [-0.2, 0) is 0 Å². The Morgan fingerprint density at radius 3 is 2.24 bits per heavy atom. The van der Waals surface area contributed by atoms with E-state index >= 15 is 0 Å². The van der Waals surface area contributed by atoms with E-state index in [0.29, 0.717) is 11.5 Å². The Hall–Kier alpha value is -2.10. The maximum absolute atomic E-state index is 5.97. The molecular formula is C13H15N3O. The number of anilines is 1. The van der Waals surface area contributed by atoms with Crippen LogP contribution in [0, 0.1) is 13.8 Å². The molecule has 17 heavy (non-hydrogen) atoms. The van der Waals surface area contributed by atoms with Crippen LogP contribution in [0.2, 0.25) is 0 Å². The van der Waals surface area contributed by atoms with Crippen molar-refractivity contribution < 1.29 is 4.74 Å². The molecule has 0 aliphatic carbocycles. The van der Waals surface area contributed by atoms with Gasteiger partial charge in [0.2, 0.25) is 0 Å². The molecule has 1 aromatic carbocycles. The Labute approximate surface area is 100 Å². The first-order valence-corrected chi connectivity index (χ1v) is 5.36. The normalized spacial score (nSPS) is 10.3. The molecule has 2 N–H and O–H groups in total. The van der Waals surface area contributed by atoms with E-state index in [2.05, 4.69) is 9.97 Å². The van der Waals surface area contributed by atoms with E-state index in [-0.39, 0.29) is 0 Å². The molecule has 0 aliphatic rings. The summed E-state index contributed by atoms with van der Waals surface area (Å²) in [7, 11) is 1.61. The Morgan fingerprint density at radius 2 is 1.71 bits per heavy atom. The quantitative estimate of drug-likeness (QED) is 0.803. The highest BCUT2D eigenvalue weighted by Gasteiger charge is 2.08. The first-order valence-electron chi connectivity index (χ1n) is 5.36. The molecule has 0 unspecified atom stereocenters.